The van der Waals surface area contributed by atoms with E-state index in [1.54, 1.807) is 0 Å². The van der Waals surface area contributed by atoms with Crippen molar-refractivity contribution in [3.63, 3.8) is 0 Å². The third-order valence-electron chi connectivity index (χ3n) is 0.964. The average Bonchev–Trinajstić information content (AvgIpc) is 1.63. The van der Waals surface area contributed by atoms with E-state index < -0.39 is 0 Å². The number of nitrogens with two attached hydrogens (primary N) is 1. The molecule has 0 saturated carbocycles. The molecule has 0 heterocycles. The van der Waals surface area contributed by atoms with Gasteiger partial charge in [-0.1, -0.05) is 13.8 Å². The molecule has 3 heteroatoms. The third-order valence-corrected chi connectivity index (χ3v) is 0.964. The zero-order valence-electron chi connectivity index (χ0n) is 6.35. The predicted molar refractivity (Wildman–Crippen MR) is 37.9 cm³/mol. The van der Waals surface area contributed by atoms with E-state index in [0.717, 1.165) is 0 Å². The molecule has 0 aliphatic heterocycles. The monoisotopic (exact) mass is 132 g/mol. The standard InChI is InChI=1S/C6H16N2O/c1-5(2)8-6(3)4-9-7/h5-6,8H,4,7H2,1-3H3. The molecule has 3 nitrogen and oxygen atoms in total. The number of hydrogen-bond acceptors (Lipinski definition) is 3. The van der Waals surface area contributed by atoms with Gasteiger partial charge in [0, 0.05) is 12.1 Å². The van der Waals surface area contributed by atoms with Crippen LogP contribution < -0.4 is 11.2 Å². The minimum atomic E-state index is 0.343. The van der Waals surface area contributed by atoms with Crippen LogP contribution in [0.5, 0.6) is 0 Å². The molecule has 0 bridgehead atoms. The lowest BCUT2D eigenvalue weighted by Gasteiger charge is -2.14. The van der Waals surface area contributed by atoms with Crippen molar-refractivity contribution >= 4 is 0 Å². The first-order valence-electron chi connectivity index (χ1n) is 3.24. The molecular formula is C6H16N2O. The lowest BCUT2D eigenvalue weighted by molar-refractivity contribution is 0.116. The van der Waals surface area contributed by atoms with E-state index in [-0.39, 0.29) is 0 Å². The highest BCUT2D eigenvalue weighted by Gasteiger charge is 2.00. The van der Waals surface area contributed by atoms with Crippen LogP contribution in [0.15, 0.2) is 0 Å². The summed E-state index contributed by atoms with van der Waals surface area (Å²) < 4.78 is 0. The summed E-state index contributed by atoms with van der Waals surface area (Å²) in [6, 6.07) is 0.838. The van der Waals surface area contributed by atoms with Crippen LogP contribution in [0, 0.1) is 0 Å². The highest BCUT2D eigenvalue weighted by molar-refractivity contribution is 4.61. The first-order valence-corrected chi connectivity index (χ1v) is 3.24. The fourth-order valence-corrected chi connectivity index (χ4v) is 0.761. The first-order chi connectivity index (χ1) is 4.16. The number of rotatable bonds is 4. The zero-order chi connectivity index (χ0) is 7.28. The van der Waals surface area contributed by atoms with Crippen molar-refractivity contribution in [3.05, 3.63) is 0 Å². The fourth-order valence-electron chi connectivity index (χ4n) is 0.761. The Labute approximate surface area is 56.5 Å². The molecule has 0 aromatic rings. The van der Waals surface area contributed by atoms with Crippen LogP contribution in [-0.4, -0.2) is 18.7 Å². The Morgan fingerprint density at radius 1 is 1.44 bits per heavy atom. The summed E-state index contributed by atoms with van der Waals surface area (Å²) in [5, 5.41) is 3.24. The van der Waals surface area contributed by atoms with Crippen molar-refractivity contribution in [2.45, 2.75) is 32.9 Å². The summed E-state index contributed by atoms with van der Waals surface area (Å²) in [5.41, 5.74) is 0. The summed E-state index contributed by atoms with van der Waals surface area (Å²) in [4.78, 5) is 4.44. The molecule has 0 saturated heterocycles. The van der Waals surface area contributed by atoms with Gasteiger partial charge < -0.3 is 10.2 Å². The molecule has 0 aliphatic rings. The maximum atomic E-state index is 4.87. The van der Waals surface area contributed by atoms with E-state index in [1.165, 1.54) is 0 Å². The molecule has 3 N–H and O–H groups in total. The molecule has 0 aliphatic carbocycles. The Morgan fingerprint density at radius 2 is 2.00 bits per heavy atom. The van der Waals surface area contributed by atoms with Crippen molar-refractivity contribution < 1.29 is 4.84 Å². The number of hydrogen-bond donors (Lipinski definition) is 2. The second-order valence-electron chi connectivity index (χ2n) is 2.56. The van der Waals surface area contributed by atoms with Crippen molar-refractivity contribution in [1.82, 2.24) is 5.32 Å². The van der Waals surface area contributed by atoms with Gasteiger partial charge in [0.2, 0.25) is 0 Å². The Hall–Kier alpha value is -0.120. The van der Waals surface area contributed by atoms with Gasteiger partial charge in [-0.2, -0.15) is 0 Å². The van der Waals surface area contributed by atoms with E-state index in [1.807, 2.05) is 6.92 Å². The van der Waals surface area contributed by atoms with Crippen molar-refractivity contribution in [2.24, 2.45) is 5.90 Å². The van der Waals surface area contributed by atoms with Crippen LogP contribution >= 0.6 is 0 Å². The molecule has 0 radical (unpaired) electrons. The van der Waals surface area contributed by atoms with Gasteiger partial charge in [-0.05, 0) is 6.92 Å². The maximum absolute atomic E-state index is 4.87. The minimum absolute atomic E-state index is 0.343. The largest absolute Gasteiger partial charge is 0.310 e. The van der Waals surface area contributed by atoms with Crippen molar-refractivity contribution in [3.8, 4) is 0 Å². The quantitative estimate of drug-likeness (QED) is 0.539. The summed E-state index contributed by atoms with van der Waals surface area (Å²) >= 11 is 0. The zero-order valence-corrected chi connectivity index (χ0v) is 6.35. The Bertz CT molecular complexity index is 66.1. The molecular weight excluding hydrogens is 116 g/mol. The Morgan fingerprint density at radius 3 is 2.33 bits per heavy atom. The Balaban J connectivity index is 3.15. The first kappa shape index (κ1) is 8.88. The number of nitrogens with one attached hydrogen (secondary N) is 1. The van der Waals surface area contributed by atoms with E-state index >= 15 is 0 Å². The van der Waals surface area contributed by atoms with Crippen LogP contribution in [0.2, 0.25) is 0 Å². The van der Waals surface area contributed by atoms with Gasteiger partial charge in [0.25, 0.3) is 0 Å². The van der Waals surface area contributed by atoms with E-state index in [2.05, 4.69) is 24.0 Å². The van der Waals surface area contributed by atoms with Gasteiger partial charge in [0.05, 0.1) is 6.61 Å². The second-order valence-corrected chi connectivity index (χ2v) is 2.56. The van der Waals surface area contributed by atoms with Crippen molar-refractivity contribution in [2.75, 3.05) is 6.61 Å². The summed E-state index contributed by atoms with van der Waals surface area (Å²) in [6.07, 6.45) is 0. The highest BCUT2D eigenvalue weighted by atomic mass is 16.6. The molecule has 0 rings (SSSR count). The average molecular weight is 132 g/mol. The van der Waals surface area contributed by atoms with Crippen LogP contribution in [0.4, 0.5) is 0 Å². The SMILES string of the molecule is CC(C)NC(C)CON. The smallest absolute Gasteiger partial charge is 0.0829 e. The lowest BCUT2D eigenvalue weighted by atomic mass is 10.3. The van der Waals surface area contributed by atoms with Gasteiger partial charge in [-0.3, -0.25) is 0 Å². The fraction of sp³-hybridized carbons (Fsp3) is 1.00. The van der Waals surface area contributed by atoms with Crippen LogP contribution in [-0.2, 0) is 4.84 Å². The molecule has 0 aromatic heterocycles. The predicted octanol–water partition coefficient (Wildman–Crippen LogP) is 0.263. The van der Waals surface area contributed by atoms with E-state index in [4.69, 9.17) is 5.90 Å². The van der Waals surface area contributed by atoms with Gasteiger partial charge >= 0.3 is 0 Å². The molecule has 1 unspecified atom stereocenters. The Kier molecular flexibility index (Phi) is 4.67. The topological polar surface area (TPSA) is 47.3 Å². The van der Waals surface area contributed by atoms with Gasteiger partial charge in [-0.15, -0.1) is 0 Å². The van der Waals surface area contributed by atoms with Gasteiger partial charge in [0.15, 0.2) is 0 Å². The van der Waals surface area contributed by atoms with Crippen molar-refractivity contribution in [1.29, 1.82) is 0 Å². The molecule has 0 aromatic carbocycles. The van der Waals surface area contributed by atoms with Crippen LogP contribution in [0.3, 0.4) is 0 Å². The minimum Gasteiger partial charge on any atom is -0.310 e. The van der Waals surface area contributed by atoms with E-state index in [9.17, 15) is 0 Å². The van der Waals surface area contributed by atoms with Gasteiger partial charge in [0.1, 0.15) is 0 Å². The normalized spacial score (nSPS) is 14.3. The molecule has 1 atom stereocenters. The molecule has 0 amide bonds. The van der Waals surface area contributed by atoms with Gasteiger partial charge in [-0.25, -0.2) is 5.90 Å². The molecule has 56 valence electrons. The third kappa shape index (κ3) is 5.76. The summed E-state index contributed by atoms with van der Waals surface area (Å²) in [6.45, 7) is 6.78. The molecule has 0 spiro atoms. The van der Waals surface area contributed by atoms with Crippen LogP contribution in [0.1, 0.15) is 20.8 Å². The summed E-state index contributed by atoms with van der Waals surface area (Å²) in [7, 11) is 0. The summed E-state index contributed by atoms with van der Waals surface area (Å²) in [5.74, 6) is 4.87. The molecule has 0 fully saturated rings. The van der Waals surface area contributed by atoms with Crippen LogP contribution in [0.25, 0.3) is 0 Å². The van der Waals surface area contributed by atoms with E-state index in [0.29, 0.717) is 18.7 Å². The maximum Gasteiger partial charge on any atom is 0.0829 e. The highest BCUT2D eigenvalue weighted by Crippen LogP contribution is 1.84. The second kappa shape index (κ2) is 4.73. The lowest BCUT2D eigenvalue weighted by Crippen LogP contribution is -2.36. The molecule has 9 heavy (non-hydrogen) atoms.